The first kappa shape index (κ1) is 12.5. The molecule has 5 nitrogen and oxygen atoms in total. The minimum atomic E-state index is -0.484. The number of aliphatic hydroxyl groups excluding tert-OH is 1. The summed E-state index contributed by atoms with van der Waals surface area (Å²) in [5, 5.41) is 11.0. The van der Waals surface area contributed by atoms with Crippen LogP contribution in [0.2, 0.25) is 0 Å². The molecule has 0 bridgehead atoms. The lowest BCUT2D eigenvalue weighted by atomic mass is 10.1. The molecule has 0 unspecified atom stereocenters. The summed E-state index contributed by atoms with van der Waals surface area (Å²) in [6.45, 7) is -0.136. The van der Waals surface area contributed by atoms with Gasteiger partial charge in [0, 0.05) is 10.8 Å². The number of carbonyl (C=O) groups excluding carboxylic acids is 1. The van der Waals surface area contributed by atoms with E-state index in [1.807, 2.05) is 18.2 Å². The second kappa shape index (κ2) is 4.86. The molecule has 0 saturated heterocycles. The quantitative estimate of drug-likeness (QED) is 0.569. The van der Waals surface area contributed by atoms with Gasteiger partial charge < -0.3 is 9.84 Å². The molecule has 1 N–H and O–H groups in total. The SMILES string of the molecule is COC(=O)c1ccc2ccc3ccc(CO)nc3c2n1. The maximum Gasteiger partial charge on any atom is 0.356 e. The van der Waals surface area contributed by atoms with Crippen molar-refractivity contribution in [2.24, 2.45) is 0 Å². The van der Waals surface area contributed by atoms with E-state index in [-0.39, 0.29) is 12.3 Å². The fourth-order valence-electron chi connectivity index (χ4n) is 2.11. The van der Waals surface area contributed by atoms with E-state index in [4.69, 9.17) is 0 Å². The van der Waals surface area contributed by atoms with Gasteiger partial charge in [0.05, 0.1) is 30.4 Å². The summed E-state index contributed by atoms with van der Waals surface area (Å²) >= 11 is 0. The van der Waals surface area contributed by atoms with Crippen molar-refractivity contribution in [3.63, 3.8) is 0 Å². The minimum absolute atomic E-state index is 0.136. The van der Waals surface area contributed by atoms with E-state index in [0.717, 1.165) is 10.8 Å². The third-order valence-corrected chi connectivity index (χ3v) is 3.13. The molecule has 0 atom stereocenters. The first-order chi connectivity index (χ1) is 9.72. The number of ether oxygens (including phenoxy) is 1. The van der Waals surface area contributed by atoms with Crippen LogP contribution in [0.3, 0.4) is 0 Å². The molecule has 1 aromatic carbocycles. The van der Waals surface area contributed by atoms with Gasteiger partial charge in [-0.3, -0.25) is 0 Å². The summed E-state index contributed by atoms with van der Waals surface area (Å²) in [6, 6.07) is 10.9. The van der Waals surface area contributed by atoms with Crippen LogP contribution in [0, 0.1) is 0 Å². The fourth-order valence-corrected chi connectivity index (χ4v) is 2.11. The van der Waals surface area contributed by atoms with Crippen LogP contribution in [0.25, 0.3) is 21.8 Å². The van der Waals surface area contributed by atoms with E-state index in [1.54, 1.807) is 18.2 Å². The third kappa shape index (κ3) is 1.98. The zero-order chi connectivity index (χ0) is 14.1. The topological polar surface area (TPSA) is 72.3 Å². The van der Waals surface area contributed by atoms with Crippen molar-refractivity contribution in [2.45, 2.75) is 6.61 Å². The maximum absolute atomic E-state index is 11.6. The van der Waals surface area contributed by atoms with Gasteiger partial charge in [-0.15, -0.1) is 0 Å². The van der Waals surface area contributed by atoms with Gasteiger partial charge in [0.25, 0.3) is 0 Å². The Hall–Kier alpha value is -2.53. The van der Waals surface area contributed by atoms with Crippen molar-refractivity contribution >= 4 is 27.8 Å². The molecule has 2 heterocycles. The Morgan fingerprint density at radius 2 is 1.65 bits per heavy atom. The Kier molecular flexibility index (Phi) is 3.04. The number of esters is 1. The van der Waals surface area contributed by atoms with Crippen molar-refractivity contribution in [3.8, 4) is 0 Å². The fraction of sp³-hybridized carbons (Fsp3) is 0.133. The molecular formula is C15H12N2O3. The molecule has 2 aromatic heterocycles. The summed E-state index contributed by atoms with van der Waals surface area (Å²) in [5.41, 5.74) is 2.10. The number of hydrogen-bond acceptors (Lipinski definition) is 5. The first-order valence-corrected chi connectivity index (χ1v) is 6.11. The third-order valence-electron chi connectivity index (χ3n) is 3.13. The van der Waals surface area contributed by atoms with E-state index in [9.17, 15) is 9.90 Å². The van der Waals surface area contributed by atoms with Crippen LogP contribution in [0.1, 0.15) is 16.2 Å². The van der Waals surface area contributed by atoms with Gasteiger partial charge in [-0.05, 0) is 12.1 Å². The highest BCUT2D eigenvalue weighted by molar-refractivity contribution is 6.04. The molecule has 5 heteroatoms. The largest absolute Gasteiger partial charge is 0.464 e. The van der Waals surface area contributed by atoms with Crippen molar-refractivity contribution in [1.29, 1.82) is 0 Å². The van der Waals surface area contributed by atoms with E-state index < -0.39 is 5.97 Å². The lowest BCUT2D eigenvalue weighted by Crippen LogP contribution is -2.04. The normalized spacial score (nSPS) is 10.9. The number of rotatable bonds is 2. The maximum atomic E-state index is 11.6. The van der Waals surface area contributed by atoms with Crippen LogP contribution >= 0.6 is 0 Å². The van der Waals surface area contributed by atoms with Crippen molar-refractivity contribution < 1.29 is 14.6 Å². The van der Waals surface area contributed by atoms with Crippen LogP contribution < -0.4 is 0 Å². The lowest BCUT2D eigenvalue weighted by molar-refractivity contribution is 0.0594. The number of pyridine rings is 2. The summed E-state index contributed by atoms with van der Waals surface area (Å²) < 4.78 is 4.68. The Bertz CT molecular complexity index is 815. The molecule has 0 aliphatic heterocycles. The van der Waals surface area contributed by atoms with Crippen molar-refractivity contribution in [1.82, 2.24) is 9.97 Å². The van der Waals surface area contributed by atoms with Gasteiger partial charge in [0.2, 0.25) is 0 Å². The van der Waals surface area contributed by atoms with E-state index in [1.165, 1.54) is 7.11 Å². The van der Waals surface area contributed by atoms with Crippen LogP contribution in [-0.4, -0.2) is 28.2 Å². The molecule has 3 rings (SSSR count). The van der Waals surface area contributed by atoms with Gasteiger partial charge >= 0.3 is 5.97 Å². The molecule has 0 radical (unpaired) electrons. The molecular weight excluding hydrogens is 256 g/mol. The molecule has 100 valence electrons. The average molecular weight is 268 g/mol. The van der Waals surface area contributed by atoms with Crippen LogP contribution in [0.15, 0.2) is 36.4 Å². The number of benzene rings is 1. The second-order valence-electron chi connectivity index (χ2n) is 4.36. The highest BCUT2D eigenvalue weighted by Gasteiger charge is 2.10. The number of hydrogen-bond donors (Lipinski definition) is 1. The Morgan fingerprint density at radius 3 is 2.30 bits per heavy atom. The number of fused-ring (bicyclic) bond motifs is 3. The van der Waals surface area contributed by atoms with E-state index >= 15 is 0 Å². The van der Waals surface area contributed by atoms with Gasteiger partial charge in [-0.1, -0.05) is 24.3 Å². The van der Waals surface area contributed by atoms with Crippen LogP contribution in [-0.2, 0) is 11.3 Å². The molecule has 0 fully saturated rings. The van der Waals surface area contributed by atoms with Gasteiger partial charge in [-0.2, -0.15) is 0 Å². The predicted octanol–water partition coefficient (Wildman–Crippen LogP) is 2.06. The minimum Gasteiger partial charge on any atom is -0.464 e. The second-order valence-corrected chi connectivity index (χ2v) is 4.36. The number of methoxy groups -OCH3 is 1. The van der Waals surface area contributed by atoms with Crippen LogP contribution in [0.5, 0.6) is 0 Å². The van der Waals surface area contributed by atoms with E-state index in [2.05, 4.69) is 14.7 Å². The average Bonchev–Trinajstić information content (AvgIpc) is 2.52. The summed E-state index contributed by atoms with van der Waals surface area (Å²) in [5.74, 6) is -0.484. The molecule has 0 spiro atoms. The molecule has 20 heavy (non-hydrogen) atoms. The van der Waals surface area contributed by atoms with Gasteiger partial charge in [0.15, 0.2) is 0 Å². The summed E-state index contributed by atoms with van der Waals surface area (Å²) in [7, 11) is 1.32. The monoisotopic (exact) mass is 268 g/mol. The highest BCUT2D eigenvalue weighted by Crippen LogP contribution is 2.23. The highest BCUT2D eigenvalue weighted by atomic mass is 16.5. The predicted molar refractivity (Wildman–Crippen MR) is 74.3 cm³/mol. The lowest BCUT2D eigenvalue weighted by Gasteiger charge is -2.06. The molecule has 3 aromatic rings. The molecule has 0 aliphatic carbocycles. The summed E-state index contributed by atoms with van der Waals surface area (Å²) in [6.07, 6.45) is 0. The van der Waals surface area contributed by atoms with Crippen molar-refractivity contribution in [3.05, 3.63) is 47.8 Å². The Morgan fingerprint density at radius 1 is 1.05 bits per heavy atom. The molecule has 0 saturated carbocycles. The molecule has 0 amide bonds. The number of nitrogens with zero attached hydrogens (tertiary/aromatic N) is 2. The first-order valence-electron chi connectivity index (χ1n) is 6.11. The van der Waals surface area contributed by atoms with E-state index in [0.29, 0.717) is 16.7 Å². The number of aromatic nitrogens is 2. The Balaban J connectivity index is 2.34. The zero-order valence-corrected chi connectivity index (χ0v) is 10.8. The number of carbonyl (C=O) groups is 1. The molecule has 0 aliphatic rings. The van der Waals surface area contributed by atoms with Gasteiger partial charge in [-0.25, -0.2) is 14.8 Å². The smallest absolute Gasteiger partial charge is 0.356 e. The van der Waals surface area contributed by atoms with Crippen LogP contribution in [0.4, 0.5) is 0 Å². The zero-order valence-electron chi connectivity index (χ0n) is 10.8. The number of aliphatic hydroxyl groups is 1. The Labute approximate surface area is 114 Å². The summed E-state index contributed by atoms with van der Waals surface area (Å²) in [4.78, 5) is 20.3. The van der Waals surface area contributed by atoms with Crippen molar-refractivity contribution in [2.75, 3.05) is 7.11 Å². The van der Waals surface area contributed by atoms with Gasteiger partial charge in [0.1, 0.15) is 5.69 Å². The standard InChI is InChI=1S/C15H12N2O3/c1-20-15(19)12-7-5-10-3-2-9-4-6-11(8-18)16-13(9)14(10)17-12/h2-7,18H,8H2,1H3.